The molecule has 0 aliphatic heterocycles. The number of nitrogen functional groups attached to an aromatic ring is 1. The number of methoxy groups -OCH3 is 2. The Kier molecular flexibility index (Phi) is 10.8. The molecular formula is C30H26N6O10. The van der Waals surface area contributed by atoms with Gasteiger partial charge in [-0.2, -0.15) is 20.5 Å². The Morgan fingerprint density at radius 1 is 0.870 bits per heavy atom. The van der Waals surface area contributed by atoms with E-state index in [0.717, 1.165) is 10.8 Å². The number of nitrogens with one attached hydrogen (secondary N) is 1. The van der Waals surface area contributed by atoms with Crippen LogP contribution in [0.1, 0.15) is 24.0 Å². The predicted octanol–water partition coefficient (Wildman–Crippen LogP) is 3.26. The van der Waals surface area contributed by atoms with Crippen LogP contribution in [0.2, 0.25) is 0 Å². The molecule has 0 spiro atoms. The Morgan fingerprint density at radius 2 is 1.48 bits per heavy atom. The van der Waals surface area contributed by atoms with E-state index in [1.165, 1.54) is 20.3 Å². The van der Waals surface area contributed by atoms with Crippen molar-refractivity contribution in [2.75, 3.05) is 25.3 Å². The standard InChI is InChI=1S/C24H18N6O3.C6H8O7/c1-31-19-10-16-9-15(13-26)5-8-18(16)22(32-2)23(19)33-21-11-20(27)29-24(30-21)28-17-6-3-14(12-25)4-7-17;7-3(8)1-6(13,5(11)12)2-4(9)10/h3-11H,1-2H3,(H3,27,28,29,30);13H,1-2H2,(H,7,8)(H,9,10)(H,11,12). The lowest BCUT2D eigenvalue weighted by molar-refractivity contribution is -0.170. The molecule has 1 aromatic heterocycles. The van der Waals surface area contributed by atoms with E-state index in [2.05, 4.69) is 27.4 Å². The summed E-state index contributed by atoms with van der Waals surface area (Å²) >= 11 is 0. The second-order valence-corrected chi connectivity index (χ2v) is 9.34. The fourth-order valence-corrected chi connectivity index (χ4v) is 3.98. The Hall–Kier alpha value is -6.65. The summed E-state index contributed by atoms with van der Waals surface area (Å²) in [5, 5.41) is 56.5. The molecule has 16 nitrogen and oxygen atoms in total. The second-order valence-electron chi connectivity index (χ2n) is 9.34. The highest BCUT2D eigenvalue weighted by atomic mass is 16.5. The van der Waals surface area contributed by atoms with E-state index >= 15 is 0 Å². The van der Waals surface area contributed by atoms with Crippen LogP contribution in [0, 0.1) is 22.7 Å². The predicted molar refractivity (Wildman–Crippen MR) is 160 cm³/mol. The van der Waals surface area contributed by atoms with Crippen LogP contribution in [0.5, 0.6) is 23.1 Å². The van der Waals surface area contributed by atoms with Crippen LogP contribution in [0.15, 0.2) is 54.6 Å². The molecule has 0 saturated carbocycles. The smallest absolute Gasteiger partial charge is 0.336 e. The second kappa shape index (κ2) is 14.7. The van der Waals surface area contributed by atoms with Gasteiger partial charge in [0, 0.05) is 17.1 Å². The minimum atomic E-state index is -2.74. The van der Waals surface area contributed by atoms with Crippen molar-refractivity contribution in [1.82, 2.24) is 9.97 Å². The maximum absolute atomic E-state index is 10.3. The van der Waals surface area contributed by atoms with Crippen LogP contribution in [0.25, 0.3) is 10.8 Å². The zero-order chi connectivity index (χ0) is 34.0. The van der Waals surface area contributed by atoms with Crippen molar-refractivity contribution in [3.8, 4) is 35.3 Å². The van der Waals surface area contributed by atoms with Gasteiger partial charge >= 0.3 is 17.9 Å². The van der Waals surface area contributed by atoms with Crippen molar-refractivity contribution in [2.45, 2.75) is 18.4 Å². The van der Waals surface area contributed by atoms with E-state index in [1.807, 2.05) is 0 Å². The number of carbonyl (C=O) groups is 3. The average molecular weight is 631 g/mol. The van der Waals surface area contributed by atoms with Gasteiger partial charge in [-0.1, -0.05) is 0 Å². The number of carboxylic acid groups (broad SMARTS) is 3. The lowest BCUT2D eigenvalue weighted by Gasteiger charge is -2.18. The highest BCUT2D eigenvalue weighted by molar-refractivity contribution is 5.94. The van der Waals surface area contributed by atoms with Crippen molar-refractivity contribution in [3.63, 3.8) is 0 Å². The van der Waals surface area contributed by atoms with Crippen molar-refractivity contribution in [3.05, 3.63) is 65.7 Å². The number of rotatable bonds is 11. The zero-order valence-electron chi connectivity index (χ0n) is 24.2. The third-order valence-electron chi connectivity index (χ3n) is 6.05. The highest BCUT2D eigenvalue weighted by Gasteiger charge is 2.40. The quantitative estimate of drug-likeness (QED) is 0.139. The van der Waals surface area contributed by atoms with Crippen molar-refractivity contribution >= 4 is 46.1 Å². The molecule has 46 heavy (non-hydrogen) atoms. The van der Waals surface area contributed by atoms with Gasteiger partial charge in [0.2, 0.25) is 17.6 Å². The first-order chi connectivity index (χ1) is 21.8. The number of aliphatic hydroxyl groups is 1. The number of ether oxygens (including phenoxy) is 3. The number of anilines is 3. The van der Waals surface area contributed by atoms with Crippen molar-refractivity contribution < 1.29 is 49.0 Å². The number of carboxylic acids is 3. The number of fused-ring (bicyclic) bond motifs is 1. The topological polar surface area (TPSA) is 271 Å². The van der Waals surface area contributed by atoms with E-state index in [9.17, 15) is 19.6 Å². The molecule has 1 heterocycles. The minimum Gasteiger partial charge on any atom is -0.493 e. The number of aliphatic carboxylic acids is 3. The molecule has 0 aliphatic rings. The number of hydrogen-bond donors (Lipinski definition) is 6. The molecule has 0 radical (unpaired) electrons. The van der Waals surface area contributed by atoms with Gasteiger partial charge in [-0.05, 0) is 53.9 Å². The van der Waals surface area contributed by atoms with Gasteiger partial charge in [0.1, 0.15) is 5.82 Å². The number of hydrogen-bond acceptors (Lipinski definition) is 13. The average Bonchev–Trinajstić information content (AvgIpc) is 3.00. The zero-order valence-corrected chi connectivity index (χ0v) is 24.2. The SMILES string of the molecule is COc1cc2cc(C#N)ccc2c(OC)c1Oc1cc(N)nc(Nc2ccc(C#N)cc2)n1.O=C(O)CC(O)(CC(=O)O)C(=O)O. The first-order valence-electron chi connectivity index (χ1n) is 12.9. The van der Waals surface area contributed by atoms with Gasteiger partial charge in [-0.25, -0.2) is 4.79 Å². The van der Waals surface area contributed by atoms with Gasteiger partial charge < -0.3 is 45.7 Å². The molecule has 3 aromatic carbocycles. The summed E-state index contributed by atoms with van der Waals surface area (Å²) < 4.78 is 17.2. The fourth-order valence-electron chi connectivity index (χ4n) is 3.98. The van der Waals surface area contributed by atoms with E-state index in [0.29, 0.717) is 34.1 Å². The third kappa shape index (κ3) is 8.47. The van der Waals surface area contributed by atoms with Crippen LogP contribution < -0.4 is 25.3 Å². The molecule has 236 valence electrons. The summed E-state index contributed by atoms with van der Waals surface area (Å²) in [5.74, 6) is -3.32. The van der Waals surface area contributed by atoms with Crippen LogP contribution >= 0.6 is 0 Å². The molecule has 0 atom stereocenters. The summed E-state index contributed by atoms with van der Waals surface area (Å²) in [5.41, 5.74) is 4.96. The molecule has 0 unspecified atom stereocenters. The number of aromatic nitrogens is 2. The Morgan fingerprint density at radius 3 is 2.00 bits per heavy atom. The molecule has 0 fully saturated rings. The van der Waals surface area contributed by atoms with Gasteiger partial charge in [-0.15, -0.1) is 0 Å². The van der Waals surface area contributed by atoms with E-state index in [1.54, 1.807) is 48.5 Å². The first kappa shape index (κ1) is 33.8. The summed E-state index contributed by atoms with van der Waals surface area (Å²) in [6.07, 6.45) is -2.29. The molecule has 7 N–H and O–H groups in total. The summed E-state index contributed by atoms with van der Waals surface area (Å²) in [4.78, 5) is 39.1. The molecule has 0 amide bonds. The molecule has 4 aromatic rings. The van der Waals surface area contributed by atoms with Gasteiger partial charge in [0.05, 0.1) is 50.3 Å². The first-order valence-corrected chi connectivity index (χ1v) is 12.9. The Labute approximate surface area is 260 Å². The van der Waals surface area contributed by atoms with Crippen LogP contribution in [-0.2, 0) is 14.4 Å². The maximum atomic E-state index is 10.3. The van der Waals surface area contributed by atoms with Crippen LogP contribution in [0.4, 0.5) is 17.5 Å². The summed E-state index contributed by atoms with van der Waals surface area (Å²) in [6, 6.07) is 19.5. The number of benzene rings is 3. The number of nitriles is 2. The Balaban J connectivity index is 0.000000376. The highest BCUT2D eigenvalue weighted by Crippen LogP contribution is 2.45. The van der Waals surface area contributed by atoms with Gasteiger partial charge in [-0.3, -0.25) is 9.59 Å². The monoisotopic (exact) mass is 630 g/mol. The number of nitrogens with zero attached hydrogens (tertiary/aromatic N) is 4. The summed E-state index contributed by atoms with van der Waals surface area (Å²) in [7, 11) is 3.03. The molecule has 0 bridgehead atoms. The Bertz CT molecular complexity index is 1850. The molecule has 4 rings (SSSR count). The normalized spacial score (nSPS) is 10.4. The molecule has 0 saturated heterocycles. The van der Waals surface area contributed by atoms with E-state index in [-0.39, 0.29) is 17.6 Å². The lowest BCUT2D eigenvalue weighted by atomic mass is 9.96. The fraction of sp³-hybridized carbons (Fsp3) is 0.167. The number of nitrogens with two attached hydrogens (primary N) is 1. The maximum Gasteiger partial charge on any atom is 0.336 e. The third-order valence-corrected chi connectivity index (χ3v) is 6.05. The van der Waals surface area contributed by atoms with Crippen LogP contribution in [-0.4, -0.2) is 68.1 Å². The molecular weight excluding hydrogens is 604 g/mol. The minimum absolute atomic E-state index is 0.170. The lowest BCUT2D eigenvalue weighted by Crippen LogP contribution is -2.42. The van der Waals surface area contributed by atoms with Crippen LogP contribution in [0.3, 0.4) is 0 Å². The largest absolute Gasteiger partial charge is 0.493 e. The van der Waals surface area contributed by atoms with Gasteiger partial charge in [0.25, 0.3) is 0 Å². The molecule has 0 aliphatic carbocycles. The van der Waals surface area contributed by atoms with E-state index in [4.69, 9.17) is 45.6 Å². The van der Waals surface area contributed by atoms with E-state index < -0.39 is 36.4 Å². The van der Waals surface area contributed by atoms with Crippen molar-refractivity contribution in [1.29, 1.82) is 10.5 Å². The van der Waals surface area contributed by atoms with Crippen molar-refractivity contribution in [2.24, 2.45) is 0 Å². The summed E-state index contributed by atoms with van der Waals surface area (Å²) in [6.45, 7) is 0. The van der Waals surface area contributed by atoms with Gasteiger partial charge in [0.15, 0.2) is 17.1 Å². The molecule has 16 heteroatoms.